The average Bonchev–Trinajstić information content (AvgIpc) is 2.72. The third-order valence-electron chi connectivity index (χ3n) is 4.39. The second kappa shape index (κ2) is 8.35. The van der Waals surface area contributed by atoms with Crippen LogP contribution in [0, 0.1) is 0 Å². The molecule has 1 aliphatic rings. The molecule has 0 aliphatic carbocycles. The fourth-order valence-electron chi connectivity index (χ4n) is 2.84. The van der Waals surface area contributed by atoms with Crippen LogP contribution >= 0.6 is 0 Å². The maximum atomic E-state index is 12.5. The lowest BCUT2D eigenvalue weighted by Gasteiger charge is -2.34. The van der Waals surface area contributed by atoms with E-state index in [-0.39, 0.29) is 24.0 Å². The van der Waals surface area contributed by atoms with Gasteiger partial charge in [-0.15, -0.1) is 0 Å². The highest BCUT2D eigenvalue weighted by atomic mass is 16.5. The maximum Gasteiger partial charge on any atom is 0.260 e. The third kappa shape index (κ3) is 4.63. The van der Waals surface area contributed by atoms with Crippen molar-refractivity contribution in [1.29, 1.82) is 0 Å². The summed E-state index contributed by atoms with van der Waals surface area (Å²) in [5, 5.41) is 10.8. The van der Waals surface area contributed by atoms with E-state index in [9.17, 15) is 19.5 Å². The zero-order valence-electron chi connectivity index (χ0n) is 14.7. The first-order valence-electron chi connectivity index (χ1n) is 8.61. The molecule has 7 heteroatoms. The molecular formula is C20H19N2O5-. The molecule has 1 heterocycles. The molecular weight excluding hydrogens is 348 g/mol. The minimum Gasteiger partial charge on any atom is -0.545 e. The van der Waals surface area contributed by atoms with E-state index in [0.717, 1.165) is 0 Å². The Labute approximate surface area is 156 Å². The first-order chi connectivity index (χ1) is 13.0. The summed E-state index contributed by atoms with van der Waals surface area (Å²) in [7, 11) is 0. The van der Waals surface area contributed by atoms with Gasteiger partial charge in [0.25, 0.3) is 11.8 Å². The summed E-state index contributed by atoms with van der Waals surface area (Å²) >= 11 is 0. The molecule has 0 aromatic heterocycles. The first kappa shape index (κ1) is 18.4. The van der Waals surface area contributed by atoms with Gasteiger partial charge in [-0.25, -0.2) is 0 Å². The molecule has 0 atom stereocenters. The predicted octanol–water partition coefficient (Wildman–Crippen LogP) is 0.413. The van der Waals surface area contributed by atoms with Gasteiger partial charge >= 0.3 is 0 Å². The SMILES string of the molecule is O=C([O-])c1ccc(C(=O)N2CCN(C(=O)COc3ccccc3)CC2)cc1. The molecule has 0 N–H and O–H groups in total. The van der Waals surface area contributed by atoms with Crippen molar-refractivity contribution in [2.45, 2.75) is 0 Å². The molecule has 0 spiro atoms. The summed E-state index contributed by atoms with van der Waals surface area (Å²) in [6.45, 7) is 1.65. The molecule has 7 nitrogen and oxygen atoms in total. The lowest BCUT2D eigenvalue weighted by atomic mass is 10.1. The van der Waals surface area contributed by atoms with Crippen LogP contribution in [0.1, 0.15) is 20.7 Å². The zero-order valence-corrected chi connectivity index (χ0v) is 14.7. The monoisotopic (exact) mass is 367 g/mol. The van der Waals surface area contributed by atoms with Crippen molar-refractivity contribution in [2.75, 3.05) is 32.8 Å². The fraction of sp³-hybridized carbons (Fsp3) is 0.250. The Kier molecular flexibility index (Phi) is 5.71. The van der Waals surface area contributed by atoms with E-state index in [2.05, 4.69) is 0 Å². The summed E-state index contributed by atoms with van der Waals surface area (Å²) < 4.78 is 5.47. The van der Waals surface area contributed by atoms with E-state index in [4.69, 9.17) is 4.74 Å². The van der Waals surface area contributed by atoms with Crippen molar-refractivity contribution in [3.05, 3.63) is 65.7 Å². The minimum atomic E-state index is -1.28. The van der Waals surface area contributed by atoms with Crippen molar-refractivity contribution in [3.8, 4) is 5.75 Å². The van der Waals surface area contributed by atoms with E-state index < -0.39 is 5.97 Å². The largest absolute Gasteiger partial charge is 0.545 e. The number of aromatic carboxylic acids is 1. The van der Waals surface area contributed by atoms with Gasteiger partial charge in [0.05, 0.1) is 5.97 Å². The van der Waals surface area contributed by atoms with E-state index in [0.29, 0.717) is 37.5 Å². The molecule has 1 fully saturated rings. The van der Waals surface area contributed by atoms with Crippen LogP contribution in [0.5, 0.6) is 5.75 Å². The molecule has 0 radical (unpaired) electrons. The second-order valence-corrected chi connectivity index (χ2v) is 6.14. The summed E-state index contributed by atoms with van der Waals surface area (Å²) in [5.41, 5.74) is 0.438. The van der Waals surface area contributed by atoms with Gasteiger partial charge in [0.2, 0.25) is 0 Å². The van der Waals surface area contributed by atoms with Crippen LogP contribution in [0.25, 0.3) is 0 Å². The number of rotatable bonds is 5. The summed E-state index contributed by atoms with van der Waals surface area (Å²) in [4.78, 5) is 38.9. The Hall–Kier alpha value is -3.35. The number of carboxylic acids is 1. The topological polar surface area (TPSA) is 90.0 Å². The second-order valence-electron chi connectivity index (χ2n) is 6.14. The van der Waals surface area contributed by atoms with Crippen LogP contribution in [-0.4, -0.2) is 60.4 Å². The van der Waals surface area contributed by atoms with Crippen molar-refractivity contribution in [1.82, 2.24) is 9.80 Å². The van der Waals surface area contributed by atoms with E-state index >= 15 is 0 Å². The first-order valence-corrected chi connectivity index (χ1v) is 8.61. The van der Waals surface area contributed by atoms with Crippen LogP contribution < -0.4 is 9.84 Å². The van der Waals surface area contributed by atoms with Crippen molar-refractivity contribution < 1.29 is 24.2 Å². The minimum absolute atomic E-state index is 0.0281. The molecule has 1 saturated heterocycles. The molecule has 3 rings (SSSR count). The quantitative estimate of drug-likeness (QED) is 0.764. The molecule has 0 unspecified atom stereocenters. The predicted molar refractivity (Wildman–Crippen MR) is 95.2 cm³/mol. The highest BCUT2D eigenvalue weighted by Crippen LogP contribution is 2.12. The smallest absolute Gasteiger partial charge is 0.260 e. The zero-order chi connectivity index (χ0) is 19.2. The molecule has 2 amide bonds. The lowest BCUT2D eigenvalue weighted by molar-refractivity contribution is -0.255. The number of piperazine rings is 1. The van der Waals surface area contributed by atoms with Crippen LogP contribution in [0.4, 0.5) is 0 Å². The molecule has 27 heavy (non-hydrogen) atoms. The third-order valence-corrected chi connectivity index (χ3v) is 4.39. The number of hydrogen-bond acceptors (Lipinski definition) is 5. The van der Waals surface area contributed by atoms with E-state index in [1.165, 1.54) is 24.3 Å². The molecule has 140 valence electrons. The van der Waals surface area contributed by atoms with Crippen LogP contribution in [-0.2, 0) is 4.79 Å². The standard InChI is InChI=1S/C20H20N2O5/c23-18(14-27-17-4-2-1-3-5-17)21-10-12-22(13-11-21)19(24)15-6-8-16(9-7-15)20(25)26/h1-9H,10-14H2,(H,25,26)/p-1. The Morgan fingerprint density at radius 2 is 1.37 bits per heavy atom. The van der Waals surface area contributed by atoms with Crippen molar-refractivity contribution >= 4 is 17.8 Å². The summed E-state index contributed by atoms with van der Waals surface area (Å²) in [6.07, 6.45) is 0. The van der Waals surface area contributed by atoms with Crippen molar-refractivity contribution in [3.63, 3.8) is 0 Å². The van der Waals surface area contributed by atoms with Gasteiger partial charge in [-0.2, -0.15) is 0 Å². The average molecular weight is 367 g/mol. The number of ether oxygens (including phenoxy) is 1. The van der Waals surface area contributed by atoms with Crippen LogP contribution in [0.15, 0.2) is 54.6 Å². The fourth-order valence-corrected chi connectivity index (χ4v) is 2.84. The van der Waals surface area contributed by atoms with Crippen LogP contribution in [0.2, 0.25) is 0 Å². The number of carboxylic acid groups (broad SMARTS) is 1. The van der Waals surface area contributed by atoms with Gasteiger partial charge in [0.15, 0.2) is 6.61 Å². The van der Waals surface area contributed by atoms with Gasteiger partial charge in [-0.3, -0.25) is 9.59 Å². The molecule has 2 aromatic rings. The Balaban J connectivity index is 1.49. The van der Waals surface area contributed by atoms with E-state index in [1.807, 2.05) is 18.2 Å². The number of benzene rings is 2. The molecule has 1 aliphatic heterocycles. The van der Waals surface area contributed by atoms with Crippen LogP contribution in [0.3, 0.4) is 0 Å². The van der Waals surface area contributed by atoms with Gasteiger partial charge in [-0.1, -0.05) is 30.3 Å². The summed E-state index contributed by atoms with van der Waals surface area (Å²) in [5.74, 6) is -0.949. The summed E-state index contributed by atoms with van der Waals surface area (Å²) in [6, 6.07) is 14.8. The highest BCUT2D eigenvalue weighted by molar-refractivity contribution is 5.95. The highest BCUT2D eigenvalue weighted by Gasteiger charge is 2.25. The number of para-hydroxylation sites is 1. The maximum absolute atomic E-state index is 12.5. The molecule has 2 aromatic carbocycles. The van der Waals surface area contributed by atoms with Crippen molar-refractivity contribution in [2.24, 2.45) is 0 Å². The molecule has 0 bridgehead atoms. The van der Waals surface area contributed by atoms with Gasteiger partial charge in [0.1, 0.15) is 5.75 Å². The molecule has 0 saturated carbocycles. The van der Waals surface area contributed by atoms with Gasteiger partial charge in [-0.05, 0) is 29.8 Å². The number of carbonyl (C=O) groups is 3. The Morgan fingerprint density at radius 3 is 1.96 bits per heavy atom. The van der Waals surface area contributed by atoms with E-state index in [1.54, 1.807) is 21.9 Å². The Bertz CT molecular complexity index is 812. The van der Waals surface area contributed by atoms with Gasteiger partial charge in [0, 0.05) is 31.7 Å². The Morgan fingerprint density at radius 1 is 0.815 bits per heavy atom. The van der Waals surface area contributed by atoms with Gasteiger partial charge < -0.3 is 24.4 Å². The number of hydrogen-bond donors (Lipinski definition) is 0. The number of amides is 2. The number of carbonyl (C=O) groups excluding carboxylic acids is 3. The lowest BCUT2D eigenvalue weighted by Crippen LogP contribution is -2.51. The normalized spacial score (nSPS) is 13.9. The number of nitrogens with zero attached hydrogens (tertiary/aromatic N) is 2.